The summed E-state index contributed by atoms with van der Waals surface area (Å²) in [5, 5.41) is 9.00. The van der Waals surface area contributed by atoms with Gasteiger partial charge in [0.1, 0.15) is 11.6 Å². The van der Waals surface area contributed by atoms with Gasteiger partial charge in [-0.1, -0.05) is 0 Å². The third-order valence-corrected chi connectivity index (χ3v) is 3.04. The highest BCUT2D eigenvalue weighted by molar-refractivity contribution is 7.99. The Morgan fingerprint density at radius 1 is 1.44 bits per heavy atom. The fourth-order valence-corrected chi connectivity index (χ4v) is 2.36. The first-order valence-corrected chi connectivity index (χ1v) is 6.27. The Morgan fingerprint density at radius 3 is 2.56 bits per heavy atom. The minimum atomic E-state index is -0.967. The predicted molar refractivity (Wildman–Crippen MR) is 61.4 cm³/mol. The van der Waals surface area contributed by atoms with Crippen molar-refractivity contribution in [2.45, 2.75) is 38.8 Å². The second-order valence-corrected chi connectivity index (χ2v) is 5.70. The summed E-state index contributed by atoms with van der Waals surface area (Å²) in [7, 11) is 0. The molecule has 0 bridgehead atoms. The van der Waals surface area contributed by atoms with Gasteiger partial charge < -0.3 is 9.84 Å². The van der Waals surface area contributed by atoms with Gasteiger partial charge >= 0.3 is 12.1 Å². The molecule has 0 spiro atoms. The SMILES string of the molecule is CC(C)(C)OC(=O)N1CSCC[C@@H]1C(=O)O. The molecular formula is C10H17NO4S. The maximum atomic E-state index is 11.8. The molecule has 92 valence electrons. The van der Waals surface area contributed by atoms with Crippen LogP contribution < -0.4 is 0 Å². The van der Waals surface area contributed by atoms with Gasteiger partial charge in [0.25, 0.3) is 0 Å². The Balaban J connectivity index is 2.68. The zero-order valence-electron chi connectivity index (χ0n) is 9.73. The van der Waals surface area contributed by atoms with Gasteiger partial charge in [0.15, 0.2) is 0 Å². The Bertz CT molecular complexity index is 287. The van der Waals surface area contributed by atoms with E-state index in [-0.39, 0.29) is 0 Å². The van der Waals surface area contributed by atoms with Crippen LogP contribution in [0.25, 0.3) is 0 Å². The van der Waals surface area contributed by atoms with Crippen LogP contribution in [0.3, 0.4) is 0 Å². The number of hydrogen-bond acceptors (Lipinski definition) is 4. The lowest BCUT2D eigenvalue weighted by molar-refractivity contribution is -0.143. The highest BCUT2D eigenvalue weighted by Gasteiger charge is 2.34. The summed E-state index contributed by atoms with van der Waals surface area (Å²) < 4.78 is 5.17. The summed E-state index contributed by atoms with van der Waals surface area (Å²) in [5.74, 6) is 0.174. The van der Waals surface area contributed by atoms with E-state index in [1.165, 1.54) is 4.90 Å². The summed E-state index contributed by atoms with van der Waals surface area (Å²) in [5.41, 5.74) is -0.595. The van der Waals surface area contributed by atoms with Crippen LogP contribution in [0.5, 0.6) is 0 Å². The fraction of sp³-hybridized carbons (Fsp3) is 0.800. The minimum absolute atomic E-state index is 0.381. The van der Waals surface area contributed by atoms with Gasteiger partial charge in [-0.05, 0) is 32.9 Å². The first-order chi connectivity index (χ1) is 7.31. The molecule has 0 aliphatic carbocycles. The van der Waals surface area contributed by atoms with Gasteiger partial charge in [0, 0.05) is 0 Å². The number of nitrogens with zero attached hydrogens (tertiary/aromatic N) is 1. The van der Waals surface area contributed by atoms with E-state index in [2.05, 4.69) is 0 Å². The highest BCUT2D eigenvalue weighted by atomic mass is 32.2. The maximum Gasteiger partial charge on any atom is 0.411 e. The third-order valence-electron chi connectivity index (χ3n) is 2.06. The molecule has 1 atom stereocenters. The molecular weight excluding hydrogens is 230 g/mol. The molecule has 1 heterocycles. The number of ether oxygens (including phenoxy) is 1. The molecule has 1 aliphatic rings. The van der Waals surface area contributed by atoms with E-state index < -0.39 is 23.7 Å². The average molecular weight is 247 g/mol. The Morgan fingerprint density at radius 2 is 2.06 bits per heavy atom. The van der Waals surface area contributed by atoms with Crippen LogP contribution in [0.15, 0.2) is 0 Å². The summed E-state index contributed by atoms with van der Waals surface area (Å²) in [6, 6.07) is -0.754. The van der Waals surface area contributed by atoms with Crippen LogP contribution in [0.4, 0.5) is 4.79 Å². The molecule has 0 unspecified atom stereocenters. The van der Waals surface area contributed by atoms with E-state index in [9.17, 15) is 9.59 Å². The van der Waals surface area contributed by atoms with E-state index in [1.54, 1.807) is 32.5 Å². The van der Waals surface area contributed by atoms with Gasteiger partial charge in [-0.15, -0.1) is 11.8 Å². The highest BCUT2D eigenvalue weighted by Crippen LogP contribution is 2.22. The molecule has 16 heavy (non-hydrogen) atoms. The molecule has 1 N–H and O–H groups in total. The van der Waals surface area contributed by atoms with Gasteiger partial charge in [0.2, 0.25) is 0 Å². The summed E-state index contributed by atoms with van der Waals surface area (Å²) in [4.78, 5) is 24.0. The van der Waals surface area contributed by atoms with Crippen LogP contribution in [0.2, 0.25) is 0 Å². The van der Waals surface area contributed by atoms with Crippen molar-refractivity contribution >= 4 is 23.8 Å². The number of thioether (sulfide) groups is 1. The van der Waals surface area contributed by atoms with E-state index in [0.717, 1.165) is 5.75 Å². The lowest BCUT2D eigenvalue weighted by atomic mass is 10.2. The lowest BCUT2D eigenvalue weighted by Crippen LogP contribution is -2.49. The number of amides is 1. The van der Waals surface area contributed by atoms with Crippen molar-refractivity contribution in [2.24, 2.45) is 0 Å². The Hall–Kier alpha value is -0.910. The Labute approximate surface area is 99.1 Å². The fourth-order valence-electron chi connectivity index (χ4n) is 1.36. The standard InChI is InChI=1S/C10H17NO4S/c1-10(2,3)15-9(14)11-6-16-5-4-7(11)8(12)13/h7H,4-6H2,1-3H3,(H,12,13)/t7-/m1/s1. The van der Waals surface area contributed by atoms with Crippen LogP contribution in [-0.2, 0) is 9.53 Å². The van der Waals surface area contributed by atoms with Crippen molar-refractivity contribution in [3.05, 3.63) is 0 Å². The van der Waals surface area contributed by atoms with Crippen LogP contribution in [0.1, 0.15) is 27.2 Å². The molecule has 1 saturated heterocycles. The molecule has 0 saturated carbocycles. The first-order valence-electron chi connectivity index (χ1n) is 5.11. The largest absolute Gasteiger partial charge is 0.480 e. The van der Waals surface area contributed by atoms with Crippen molar-refractivity contribution in [1.82, 2.24) is 4.90 Å². The van der Waals surface area contributed by atoms with Crippen LogP contribution >= 0.6 is 11.8 Å². The third kappa shape index (κ3) is 3.59. The minimum Gasteiger partial charge on any atom is -0.480 e. The van der Waals surface area contributed by atoms with E-state index in [0.29, 0.717) is 12.3 Å². The lowest BCUT2D eigenvalue weighted by Gasteiger charge is -2.33. The number of hydrogen-bond donors (Lipinski definition) is 1. The number of rotatable bonds is 1. The molecule has 1 aliphatic heterocycles. The Kier molecular flexibility index (Phi) is 4.07. The molecule has 0 aromatic heterocycles. The van der Waals surface area contributed by atoms with Gasteiger partial charge in [-0.2, -0.15) is 0 Å². The number of carbonyl (C=O) groups is 2. The molecule has 0 radical (unpaired) electrons. The van der Waals surface area contributed by atoms with Crippen molar-refractivity contribution < 1.29 is 19.4 Å². The summed E-state index contributed by atoms with van der Waals surface area (Å²) >= 11 is 1.54. The quantitative estimate of drug-likeness (QED) is 0.765. The number of carboxylic acid groups (broad SMARTS) is 1. The second kappa shape index (κ2) is 4.95. The second-order valence-electron chi connectivity index (χ2n) is 4.63. The number of carboxylic acids is 1. The molecule has 1 fully saturated rings. The van der Waals surface area contributed by atoms with Crippen LogP contribution in [-0.4, -0.2) is 45.3 Å². The maximum absolute atomic E-state index is 11.8. The van der Waals surface area contributed by atoms with E-state index in [1.807, 2.05) is 0 Å². The summed E-state index contributed by atoms with van der Waals surface area (Å²) in [6.07, 6.45) is -0.0775. The summed E-state index contributed by atoms with van der Waals surface area (Å²) in [6.45, 7) is 5.29. The number of carbonyl (C=O) groups excluding carboxylic acids is 1. The normalized spacial score (nSPS) is 21.7. The van der Waals surface area contributed by atoms with Crippen molar-refractivity contribution in [1.29, 1.82) is 0 Å². The molecule has 6 heteroatoms. The zero-order valence-corrected chi connectivity index (χ0v) is 10.5. The monoisotopic (exact) mass is 247 g/mol. The van der Waals surface area contributed by atoms with Crippen molar-refractivity contribution in [2.75, 3.05) is 11.6 Å². The van der Waals surface area contributed by atoms with Crippen LogP contribution in [0, 0.1) is 0 Å². The van der Waals surface area contributed by atoms with Gasteiger partial charge in [0.05, 0.1) is 5.88 Å². The zero-order chi connectivity index (χ0) is 12.3. The first kappa shape index (κ1) is 13.2. The molecule has 1 rings (SSSR count). The van der Waals surface area contributed by atoms with Crippen molar-refractivity contribution in [3.63, 3.8) is 0 Å². The van der Waals surface area contributed by atoms with Gasteiger partial charge in [-0.25, -0.2) is 9.59 Å². The topological polar surface area (TPSA) is 66.8 Å². The predicted octanol–water partition coefficient (Wildman–Crippen LogP) is 1.77. The smallest absolute Gasteiger partial charge is 0.411 e. The van der Waals surface area contributed by atoms with Gasteiger partial charge in [-0.3, -0.25) is 4.90 Å². The molecule has 1 amide bonds. The van der Waals surface area contributed by atoms with E-state index >= 15 is 0 Å². The number of aliphatic carboxylic acids is 1. The van der Waals surface area contributed by atoms with Crippen molar-refractivity contribution in [3.8, 4) is 0 Å². The molecule has 0 aromatic carbocycles. The molecule has 5 nitrogen and oxygen atoms in total. The van der Waals surface area contributed by atoms with E-state index in [4.69, 9.17) is 9.84 Å². The molecule has 0 aromatic rings. The average Bonchev–Trinajstić information content (AvgIpc) is 2.15.